The van der Waals surface area contributed by atoms with Crippen LogP contribution in [0.2, 0.25) is 0 Å². The summed E-state index contributed by atoms with van der Waals surface area (Å²) in [6.07, 6.45) is 0.427. The molecule has 2 fully saturated rings. The molecule has 136 valence electrons. The van der Waals surface area contributed by atoms with Gasteiger partial charge >= 0.3 is 11.9 Å². The van der Waals surface area contributed by atoms with Gasteiger partial charge in [0.2, 0.25) is 5.91 Å². The van der Waals surface area contributed by atoms with Crippen molar-refractivity contribution in [1.29, 1.82) is 0 Å². The minimum atomic E-state index is -1.76. The number of carboxylic acids is 1. The van der Waals surface area contributed by atoms with E-state index in [2.05, 4.69) is 4.90 Å². The largest absolute Gasteiger partial charge is 0.479 e. The second-order valence-electron chi connectivity index (χ2n) is 6.27. The van der Waals surface area contributed by atoms with Gasteiger partial charge < -0.3 is 25.4 Å². The minimum Gasteiger partial charge on any atom is -0.479 e. The van der Waals surface area contributed by atoms with E-state index >= 15 is 0 Å². The van der Waals surface area contributed by atoms with Crippen molar-refractivity contribution in [2.75, 3.05) is 19.7 Å². The number of carbonyl (C=O) groups is 3. The number of aliphatic carboxylic acids is 1. The molecule has 2 heterocycles. The Morgan fingerprint density at radius 2 is 2.04 bits per heavy atom. The molecule has 2 saturated heterocycles. The number of nitrogens with two attached hydrogens (primary N) is 1. The molecule has 2 aliphatic rings. The van der Waals surface area contributed by atoms with Crippen molar-refractivity contribution in [1.82, 2.24) is 4.90 Å². The highest BCUT2D eigenvalue weighted by Gasteiger charge is 2.34. The number of likely N-dealkylation sites (tertiary alicyclic amines) is 1. The molecule has 0 spiro atoms. The highest BCUT2D eigenvalue weighted by atomic mass is 16.6. The Labute approximate surface area is 139 Å². The van der Waals surface area contributed by atoms with E-state index in [0.29, 0.717) is 13.0 Å². The van der Waals surface area contributed by atoms with E-state index in [4.69, 9.17) is 25.4 Å². The Bertz CT molecular complexity index is 484. The van der Waals surface area contributed by atoms with Crippen LogP contribution in [-0.2, 0) is 23.9 Å². The molecule has 2 aliphatic heterocycles. The molecule has 4 atom stereocenters. The Morgan fingerprint density at radius 3 is 2.71 bits per heavy atom. The van der Waals surface area contributed by atoms with Gasteiger partial charge in [-0.05, 0) is 25.7 Å². The second-order valence-corrected chi connectivity index (χ2v) is 6.27. The number of aliphatic hydroxyl groups is 1. The van der Waals surface area contributed by atoms with Gasteiger partial charge in [-0.15, -0.1) is 0 Å². The number of piperidine rings is 1. The van der Waals surface area contributed by atoms with Crippen LogP contribution in [0, 0.1) is 5.92 Å². The van der Waals surface area contributed by atoms with Gasteiger partial charge in [-0.3, -0.25) is 14.5 Å². The van der Waals surface area contributed by atoms with Crippen LogP contribution in [0.15, 0.2) is 0 Å². The summed E-state index contributed by atoms with van der Waals surface area (Å²) in [4.78, 5) is 35.3. The van der Waals surface area contributed by atoms with Gasteiger partial charge in [0.05, 0.1) is 18.4 Å². The van der Waals surface area contributed by atoms with Gasteiger partial charge in [0, 0.05) is 13.1 Å². The molecule has 0 aromatic carbocycles. The zero-order valence-corrected chi connectivity index (χ0v) is 13.4. The van der Waals surface area contributed by atoms with Gasteiger partial charge in [0.15, 0.2) is 6.10 Å². The molecule has 0 bridgehead atoms. The van der Waals surface area contributed by atoms with E-state index in [0.717, 1.165) is 25.8 Å². The van der Waals surface area contributed by atoms with Crippen molar-refractivity contribution in [3.05, 3.63) is 0 Å². The average molecular weight is 344 g/mol. The molecule has 1 unspecified atom stereocenters. The van der Waals surface area contributed by atoms with E-state index < -0.39 is 24.5 Å². The van der Waals surface area contributed by atoms with Crippen molar-refractivity contribution in [3.63, 3.8) is 0 Å². The molecule has 9 nitrogen and oxygen atoms in total. The summed E-state index contributed by atoms with van der Waals surface area (Å²) in [5, 5.41) is 17.6. The number of amides is 1. The van der Waals surface area contributed by atoms with Crippen LogP contribution in [-0.4, -0.2) is 71.1 Å². The third-order valence-corrected chi connectivity index (χ3v) is 4.42. The fourth-order valence-electron chi connectivity index (χ4n) is 3.07. The van der Waals surface area contributed by atoms with Crippen molar-refractivity contribution >= 4 is 17.8 Å². The Morgan fingerprint density at radius 1 is 1.29 bits per heavy atom. The topological polar surface area (TPSA) is 139 Å². The fourth-order valence-corrected chi connectivity index (χ4v) is 3.07. The number of esters is 1. The molecule has 0 radical (unpaired) electrons. The number of carbonyl (C=O) groups excluding carboxylic acids is 2. The molecular formula is C15H24N2O7. The molecule has 4 N–H and O–H groups in total. The lowest BCUT2D eigenvalue weighted by Crippen LogP contribution is -2.46. The van der Waals surface area contributed by atoms with Crippen LogP contribution < -0.4 is 5.73 Å². The highest BCUT2D eigenvalue weighted by molar-refractivity contribution is 5.80. The van der Waals surface area contributed by atoms with Gasteiger partial charge in [0.1, 0.15) is 12.8 Å². The molecule has 0 aliphatic carbocycles. The summed E-state index contributed by atoms with van der Waals surface area (Å²) in [6.45, 7) is 1.44. The van der Waals surface area contributed by atoms with Gasteiger partial charge in [-0.25, -0.2) is 4.79 Å². The summed E-state index contributed by atoms with van der Waals surface area (Å²) >= 11 is 0. The first kappa shape index (κ1) is 18.6. The zero-order valence-electron chi connectivity index (χ0n) is 13.4. The third kappa shape index (κ3) is 5.15. The van der Waals surface area contributed by atoms with Crippen LogP contribution in [0.3, 0.4) is 0 Å². The average Bonchev–Trinajstić information content (AvgIpc) is 3.02. The molecule has 0 aromatic heterocycles. The second kappa shape index (κ2) is 8.41. The van der Waals surface area contributed by atoms with Gasteiger partial charge in [-0.1, -0.05) is 0 Å². The van der Waals surface area contributed by atoms with Crippen molar-refractivity contribution in [2.24, 2.45) is 11.7 Å². The standard InChI is InChI=1S/C15H24N2O7/c16-14(20)9-2-1-5-17(7-9)12-4-3-10(24-12)8-23-13(19)6-11(18)15(21)22/h9-12,18H,1-8H2,(H2,16,20)(H,21,22)/t9?,10-,11-,12+/m0/s1. The number of aliphatic hydroxyl groups excluding tert-OH is 1. The van der Waals surface area contributed by atoms with Crippen molar-refractivity contribution in [2.45, 2.75) is 50.5 Å². The molecule has 9 heteroatoms. The SMILES string of the molecule is NC(=O)C1CCCN([C@H]2CC[C@@H](COC(=O)C[C@H](O)C(=O)O)O2)C1. The van der Waals surface area contributed by atoms with Crippen LogP contribution >= 0.6 is 0 Å². The smallest absolute Gasteiger partial charge is 0.333 e. The number of primary amides is 1. The first-order valence-electron chi connectivity index (χ1n) is 8.12. The number of hydrogen-bond acceptors (Lipinski definition) is 7. The third-order valence-electron chi connectivity index (χ3n) is 4.42. The first-order valence-corrected chi connectivity index (χ1v) is 8.12. The number of ether oxygens (including phenoxy) is 2. The number of carboxylic acid groups (broad SMARTS) is 1. The summed E-state index contributed by atoms with van der Waals surface area (Å²) in [5.74, 6) is -2.68. The Hall–Kier alpha value is -1.71. The molecule has 0 saturated carbocycles. The lowest BCUT2D eigenvalue weighted by Gasteiger charge is -2.35. The quantitative estimate of drug-likeness (QED) is 0.503. The van der Waals surface area contributed by atoms with E-state index in [-0.39, 0.29) is 30.8 Å². The molecule has 0 aromatic rings. The molecular weight excluding hydrogens is 320 g/mol. The van der Waals surface area contributed by atoms with Crippen molar-refractivity contribution in [3.8, 4) is 0 Å². The summed E-state index contributed by atoms with van der Waals surface area (Å²) in [6, 6.07) is 0. The predicted octanol–water partition coefficient (Wildman–Crippen LogP) is -0.932. The monoisotopic (exact) mass is 344 g/mol. The summed E-state index contributed by atoms with van der Waals surface area (Å²) < 4.78 is 10.8. The molecule has 24 heavy (non-hydrogen) atoms. The Kier molecular flexibility index (Phi) is 6.52. The van der Waals surface area contributed by atoms with E-state index in [9.17, 15) is 14.4 Å². The highest BCUT2D eigenvalue weighted by Crippen LogP contribution is 2.27. The lowest BCUT2D eigenvalue weighted by molar-refractivity contribution is -0.159. The maximum absolute atomic E-state index is 11.5. The Balaban J connectivity index is 1.72. The number of hydrogen-bond donors (Lipinski definition) is 3. The van der Waals surface area contributed by atoms with Crippen LogP contribution in [0.1, 0.15) is 32.1 Å². The van der Waals surface area contributed by atoms with Crippen molar-refractivity contribution < 1.29 is 34.1 Å². The summed E-state index contributed by atoms with van der Waals surface area (Å²) in [5.41, 5.74) is 5.37. The fraction of sp³-hybridized carbons (Fsp3) is 0.800. The maximum Gasteiger partial charge on any atom is 0.333 e. The van der Waals surface area contributed by atoms with Crippen LogP contribution in [0.4, 0.5) is 0 Å². The van der Waals surface area contributed by atoms with Gasteiger partial charge in [0.25, 0.3) is 0 Å². The van der Waals surface area contributed by atoms with Crippen LogP contribution in [0.25, 0.3) is 0 Å². The first-order chi connectivity index (χ1) is 11.4. The lowest BCUT2D eigenvalue weighted by atomic mass is 9.97. The predicted molar refractivity (Wildman–Crippen MR) is 80.6 cm³/mol. The molecule has 2 rings (SSSR count). The number of rotatable bonds is 7. The maximum atomic E-state index is 11.5. The van der Waals surface area contributed by atoms with E-state index in [1.54, 1.807) is 0 Å². The normalized spacial score (nSPS) is 29.1. The number of nitrogens with zero attached hydrogens (tertiary/aromatic N) is 1. The summed E-state index contributed by atoms with van der Waals surface area (Å²) in [7, 11) is 0. The van der Waals surface area contributed by atoms with Crippen LogP contribution in [0.5, 0.6) is 0 Å². The van der Waals surface area contributed by atoms with Gasteiger partial charge in [-0.2, -0.15) is 0 Å². The molecule has 1 amide bonds. The minimum absolute atomic E-state index is 0.0226. The zero-order chi connectivity index (χ0) is 17.7. The van der Waals surface area contributed by atoms with E-state index in [1.807, 2.05) is 0 Å². The van der Waals surface area contributed by atoms with E-state index in [1.165, 1.54) is 0 Å².